The zero-order chi connectivity index (χ0) is 13.1. The Morgan fingerprint density at radius 3 is 2.76 bits per heavy atom. The van der Waals surface area contributed by atoms with Gasteiger partial charge in [-0.05, 0) is 13.8 Å². The number of rotatable bonds is 6. The Labute approximate surface area is 104 Å². The van der Waals surface area contributed by atoms with Gasteiger partial charge in [0.05, 0.1) is 18.2 Å². The number of thiazole rings is 1. The van der Waals surface area contributed by atoms with Crippen molar-refractivity contribution in [2.45, 2.75) is 26.3 Å². The van der Waals surface area contributed by atoms with Gasteiger partial charge in [0.15, 0.2) is 0 Å². The third-order valence-corrected chi connectivity index (χ3v) is 4.50. The molecule has 0 saturated carbocycles. The van der Waals surface area contributed by atoms with Gasteiger partial charge in [0, 0.05) is 11.1 Å². The molecule has 1 rings (SSSR count). The molecule has 0 radical (unpaired) electrons. The molecule has 0 fully saturated rings. The van der Waals surface area contributed by atoms with Crippen LogP contribution in [-0.2, 0) is 14.8 Å². The molecule has 1 atom stereocenters. The van der Waals surface area contributed by atoms with Gasteiger partial charge >= 0.3 is 5.97 Å². The molecule has 1 heterocycles. The van der Waals surface area contributed by atoms with Crippen LogP contribution in [0.2, 0.25) is 0 Å². The average Bonchev–Trinajstić information content (AvgIpc) is 2.61. The van der Waals surface area contributed by atoms with Crippen molar-refractivity contribution in [2.24, 2.45) is 0 Å². The van der Waals surface area contributed by atoms with Gasteiger partial charge < -0.3 is 5.11 Å². The second-order valence-electron chi connectivity index (χ2n) is 3.61. The number of hydrogen-bond acceptors (Lipinski definition) is 5. The number of nitrogens with zero attached hydrogens (tertiary/aromatic N) is 1. The second-order valence-corrected chi connectivity index (χ2v) is 6.75. The average molecular weight is 278 g/mol. The number of aryl methyl sites for hydroxylation is 1. The first-order valence-electron chi connectivity index (χ1n) is 4.94. The van der Waals surface area contributed by atoms with E-state index >= 15 is 0 Å². The van der Waals surface area contributed by atoms with E-state index in [0.717, 1.165) is 4.88 Å². The SMILES string of the molecule is Cc1cnc(C(C)NS(=O)(=O)CCC(=O)O)s1. The van der Waals surface area contributed by atoms with E-state index in [4.69, 9.17) is 5.11 Å². The summed E-state index contributed by atoms with van der Waals surface area (Å²) in [5.41, 5.74) is 0. The summed E-state index contributed by atoms with van der Waals surface area (Å²) in [4.78, 5) is 15.4. The first kappa shape index (κ1) is 14.1. The fraction of sp³-hybridized carbons (Fsp3) is 0.556. The Hall–Kier alpha value is -0.990. The van der Waals surface area contributed by atoms with Crippen molar-refractivity contribution in [3.8, 4) is 0 Å². The molecule has 96 valence electrons. The topological polar surface area (TPSA) is 96.4 Å². The third kappa shape index (κ3) is 4.80. The quantitative estimate of drug-likeness (QED) is 0.806. The van der Waals surface area contributed by atoms with E-state index in [9.17, 15) is 13.2 Å². The number of hydrogen-bond donors (Lipinski definition) is 2. The van der Waals surface area contributed by atoms with Crippen LogP contribution in [0.15, 0.2) is 6.20 Å². The molecular weight excluding hydrogens is 264 g/mol. The fourth-order valence-electron chi connectivity index (χ4n) is 1.17. The lowest BCUT2D eigenvalue weighted by molar-refractivity contribution is -0.136. The predicted octanol–water partition coefficient (Wildman–Crippen LogP) is 0.907. The van der Waals surface area contributed by atoms with Crippen LogP contribution in [0.4, 0.5) is 0 Å². The van der Waals surface area contributed by atoms with Crippen LogP contribution in [0.25, 0.3) is 0 Å². The highest BCUT2D eigenvalue weighted by Gasteiger charge is 2.18. The molecule has 2 N–H and O–H groups in total. The Morgan fingerprint density at radius 2 is 2.29 bits per heavy atom. The highest BCUT2D eigenvalue weighted by molar-refractivity contribution is 7.89. The van der Waals surface area contributed by atoms with E-state index in [1.54, 1.807) is 13.1 Å². The molecule has 0 aliphatic carbocycles. The molecule has 1 aromatic rings. The molecular formula is C9H14N2O4S2. The number of aliphatic carboxylic acids is 1. The van der Waals surface area contributed by atoms with Crippen LogP contribution >= 0.6 is 11.3 Å². The van der Waals surface area contributed by atoms with Crippen molar-refractivity contribution in [3.63, 3.8) is 0 Å². The standard InChI is InChI=1S/C9H14N2O4S2/c1-6-5-10-9(16-6)7(2)11-17(14,15)4-3-8(12)13/h5,7,11H,3-4H2,1-2H3,(H,12,13). The number of sulfonamides is 1. The van der Waals surface area contributed by atoms with Gasteiger partial charge in [-0.1, -0.05) is 0 Å². The lowest BCUT2D eigenvalue weighted by Crippen LogP contribution is -2.29. The zero-order valence-corrected chi connectivity index (χ0v) is 11.1. The van der Waals surface area contributed by atoms with Gasteiger partial charge in [-0.15, -0.1) is 11.3 Å². The molecule has 17 heavy (non-hydrogen) atoms. The van der Waals surface area contributed by atoms with Crippen LogP contribution < -0.4 is 4.72 Å². The maximum atomic E-state index is 11.5. The van der Waals surface area contributed by atoms with E-state index in [1.807, 2.05) is 6.92 Å². The molecule has 6 nitrogen and oxygen atoms in total. The lowest BCUT2D eigenvalue weighted by atomic mass is 10.4. The molecule has 0 spiro atoms. The first-order chi connectivity index (χ1) is 7.80. The van der Waals surface area contributed by atoms with Gasteiger partial charge in [0.25, 0.3) is 0 Å². The number of carboxylic acid groups (broad SMARTS) is 1. The van der Waals surface area contributed by atoms with Gasteiger partial charge in [0.2, 0.25) is 10.0 Å². The molecule has 0 aromatic carbocycles. The fourth-order valence-corrected chi connectivity index (χ4v) is 3.24. The summed E-state index contributed by atoms with van der Waals surface area (Å²) < 4.78 is 25.5. The van der Waals surface area contributed by atoms with Crippen LogP contribution in [0.3, 0.4) is 0 Å². The predicted molar refractivity (Wildman–Crippen MR) is 64.4 cm³/mol. The monoisotopic (exact) mass is 278 g/mol. The molecule has 0 saturated heterocycles. The van der Waals surface area contributed by atoms with Crippen molar-refractivity contribution in [1.29, 1.82) is 0 Å². The zero-order valence-electron chi connectivity index (χ0n) is 9.50. The van der Waals surface area contributed by atoms with Gasteiger partial charge in [-0.3, -0.25) is 4.79 Å². The summed E-state index contributed by atoms with van der Waals surface area (Å²) in [6, 6.07) is -0.438. The van der Waals surface area contributed by atoms with E-state index in [-0.39, 0.29) is 0 Å². The smallest absolute Gasteiger partial charge is 0.304 e. The molecule has 0 aliphatic rings. The maximum Gasteiger partial charge on any atom is 0.304 e. The second kappa shape index (κ2) is 5.56. The van der Waals surface area contributed by atoms with Crippen LogP contribution in [0.5, 0.6) is 0 Å². The van der Waals surface area contributed by atoms with Crippen molar-refractivity contribution in [1.82, 2.24) is 9.71 Å². The first-order valence-corrected chi connectivity index (χ1v) is 7.41. The van der Waals surface area contributed by atoms with E-state index in [1.165, 1.54) is 11.3 Å². The highest BCUT2D eigenvalue weighted by Crippen LogP contribution is 2.19. The molecule has 8 heteroatoms. The van der Waals surface area contributed by atoms with Crippen molar-refractivity contribution in [3.05, 3.63) is 16.1 Å². The molecule has 1 aromatic heterocycles. The van der Waals surface area contributed by atoms with E-state index in [0.29, 0.717) is 5.01 Å². The summed E-state index contributed by atoms with van der Waals surface area (Å²) in [6.07, 6.45) is 1.26. The number of carbonyl (C=O) groups is 1. The summed E-state index contributed by atoms with van der Waals surface area (Å²) in [6.45, 7) is 3.56. The van der Waals surface area contributed by atoms with Crippen molar-refractivity contribution < 1.29 is 18.3 Å². The number of nitrogens with one attached hydrogen (secondary N) is 1. The summed E-state index contributed by atoms with van der Waals surface area (Å²) in [5, 5.41) is 9.10. The molecule has 1 unspecified atom stereocenters. The van der Waals surface area contributed by atoms with Crippen molar-refractivity contribution >= 4 is 27.3 Å². The van der Waals surface area contributed by atoms with Gasteiger partial charge in [-0.2, -0.15) is 0 Å². The maximum absolute atomic E-state index is 11.5. The van der Waals surface area contributed by atoms with E-state index < -0.39 is 34.2 Å². The summed E-state index contributed by atoms with van der Waals surface area (Å²) in [5.74, 6) is -1.55. The highest BCUT2D eigenvalue weighted by atomic mass is 32.2. The number of carboxylic acids is 1. The Kier molecular flexibility index (Phi) is 4.61. The molecule has 0 bridgehead atoms. The van der Waals surface area contributed by atoms with Crippen LogP contribution in [0, 0.1) is 6.92 Å². The third-order valence-electron chi connectivity index (χ3n) is 1.95. The van der Waals surface area contributed by atoms with Gasteiger partial charge in [-0.25, -0.2) is 18.1 Å². The molecule has 0 amide bonds. The minimum absolute atomic E-state index is 0.404. The summed E-state index contributed by atoms with van der Waals surface area (Å²) >= 11 is 1.41. The minimum Gasteiger partial charge on any atom is -0.481 e. The van der Waals surface area contributed by atoms with Gasteiger partial charge in [0.1, 0.15) is 5.01 Å². The Bertz CT molecular complexity index is 495. The van der Waals surface area contributed by atoms with Crippen LogP contribution in [0.1, 0.15) is 29.3 Å². The largest absolute Gasteiger partial charge is 0.481 e. The summed E-state index contributed by atoms with van der Waals surface area (Å²) in [7, 11) is -3.58. The lowest BCUT2D eigenvalue weighted by Gasteiger charge is -2.10. The van der Waals surface area contributed by atoms with E-state index in [2.05, 4.69) is 9.71 Å². The Morgan fingerprint density at radius 1 is 1.65 bits per heavy atom. The number of aromatic nitrogens is 1. The Balaban J connectivity index is 2.61. The molecule has 0 aliphatic heterocycles. The normalized spacial score (nSPS) is 13.5. The van der Waals surface area contributed by atoms with Crippen LogP contribution in [-0.4, -0.2) is 30.2 Å². The van der Waals surface area contributed by atoms with Crippen molar-refractivity contribution in [2.75, 3.05) is 5.75 Å². The minimum atomic E-state index is -3.58.